The van der Waals surface area contributed by atoms with Gasteiger partial charge < -0.3 is 19.1 Å². The standard InChI is InChI=1S/C32H59NO5/c1-3-4-5-6-7-8-9-10-11-12-13-14-15-16-17-21-32(35)38-29-30(28-36-2)23-27-37-31(34)22-20-26-33-24-18-19-25-33/h7-8,30H,3-6,9-29H2,1-2H3/b8-7-/t30-/m1/s1. The Morgan fingerprint density at radius 3 is 1.97 bits per heavy atom. The maximum atomic E-state index is 12.1. The molecule has 1 atom stereocenters. The number of ether oxygens (including phenoxy) is 3. The van der Waals surface area contributed by atoms with Gasteiger partial charge in [-0.3, -0.25) is 9.59 Å². The highest BCUT2D eigenvalue weighted by molar-refractivity contribution is 5.69. The second-order valence-corrected chi connectivity index (χ2v) is 11.0. The van der Waals surface area contributed by atoms with E-state index in [1.165, 1.54) is 83.5 Å². The van der Waals surface area contributed by atoms with Crippen molar-refractivity contribution in [3.05, 3.63) is 12.2 Å². The first-order valence-corrected chi connectivity index (χ1v) is 15.8. The van der Waals surface area contributed by atoms with Gasteiger partial charge in [0.2, 0.25) is 0 Å². The summed E-state index contributed by atoms with van der Waals surface area (Å²) in [7, 11) is 1.64. The van der Waals surface area contributed by atoms with Gasteiger partial charge in [-0.25, -0.2) is 0 Å². The van der Waals surface area contributed by atoms with E-state index in [1.54, 1.807) is 7.11 Å². The van der Waals surface area contributed by atoms with E-state index in [-0.39, 0.29) is 17.9 Å². The summed E-state index contributed by atoms with van der Waals surface area (Å²) in [6.45, 7) is 6.72. The third-order valence-corrected chi connectivity index (χ3v) is 7.37. The fraction of sp³-hybridized carbons (Fsp3) is 0.875. The molecule has 1 heterocycles. The number of methoxy groups -OCH3 is 1. The van der Waals surface area contributed by atoms with Crippen molar-refractivity contribution in [3.63, 3.8) is 0 Å². The first-order valence-electron chi connectivity index (χ1n) is 15.8. The van der Waals surface area contributed by atoms with Crippen molar-refractivity contribution in [1.82, 2.24) is 4.90 Å². The van der Waals surface area contributed by atoms with Crippen LogP contribution in [-0.4, -0.2) is 63.4 Å². The maximum absolute atomic E-state index is 12.1. The minimum Gasteiger partial charge on any atom is -0.466 e. The molecule has 0 saturated carbocycles. The SMILES string of the molecule is CCCCC/C=C\CCCCCCCCCCC(=O)OC[C@H](CCOC(=O)CCCN1CCCC1)COC. The molecule has 0 bridgehead atoms. The first kappa shape index (κ1) is 34.6. The molecule has 1 aliphatic rings. The minimum atomic E-state index is -0.136. The van der Waals surface area contributed by atoms with E-state index in [4.69, 9.17) is 14.2 Å². The van der Waals surface area contributed by atoms with Crippen LogP contribution in [0.3, 0.4) is 0 Å². The van der Waals surface area contributed by atoms with Gasteiger partial charge in [-0.15, -0.1) is 0 Å². The van der Waals surface area contributed by atoms with E-state index in [0.717, 1.165) is 38.9 Å². The Labute approximate surface area is 234 Å². The zero-order chi connectivity index (χ0) is 27.5. The molecule has 0 aromatic carbocycles. The predicted molar refractivity (Wildman–Crippen MR) is 156 cm³/mol. The molecule has 0 radical (unpaired) electrons. The van der Waals surface area contributed by atoms with E-state index in [1.807, 2.05) is 0 Å². The Hall–Kier alpha value is -1.40. The molecule has 6 nitrogen and oxygen atoms in total. The number of hydrogen-bond donors (Lipinski definition) is 0. The molecule has 1 saturated heterocycles. The number of rotatable bonds is 26. The van der Waals surface area contributed by atoms with Crippen molar-refractivity contribution in [3.8, 4) is 0 Å². The van der Waals surface area contributed by atoms with Gasteiger partial charge in [-0.2, -0.15) is 0 Å². The minimum absolute atomic E-state index is 0.0536. The molecule has 0 aromatic rings. The normalized spacial score (nSPS) is 14.8. The molecule has 0 aromatic heterocycles. The van der Waals surface area contributed by atoms with E-state index >= 15 is 0 Å². The number of carbonyl (C=O) groups excluding carboxylic acids is 2. The molecule has 222 valence electrons. The average molecular weight is 538 g/mol. The molecule has 38 heavy (non-hydrogen) atoms. The average Bonchev–Trinajstić information content (AvgIpc) is 3.43. The second kappa shape index (κ2) is 25.9. The maximum Gasteiger partial charge on any atom is 0.305 e. The highest BCUT2D eigenvalue weighted by atomic mass is 16.5. The third-order valence-electron chi connectivity index (χ3n) is 7.37. The van der Waals surface area contributed by atoms with Gasteiger partial charge in [0.05, 0.1) is 19.8 Å². The van der Waals surface area contributed by atoms with Crippen LogP contribution in [0, 0.1) is 5.92 Å². The zero-order valence-electron chi connectivity index (χ0n) is 24.9. The lowest BCUT2D eigenvalue weighted by Crippen LogP contribution is -2.22. The fourth-order valence-corrected chi connectivity index (χ4v) is 4.94. The van der Waals surface area contributed by atoms with Crippen LogP contribution in [0.2, 0.25) is 0 Å². The van der Waals surface area contributed by atoms with Crippen molar-refractivity contribution in [2.24, 2.45) is 5.92 Å². The van der Waals surface area contributed by atoms with Crippen LogP contribution >= 0.6 is 0 Å². The molecule has 0 amide bonds. The Morgan fingerprint density at radius 2 is 1.32 bits per heavy atom. The van der Waals surface area contributed by atoms with Crippen molar-refractivity contribution in [2.75, 3.05) is 46.6 Å². The fourth-order valence-electron chi connectivity index (χ4n) is 4.94. The third kappa shape index (κ3) is 21.5. The van der Waals surface area contributed by atoms with Gasteiger partial charge in [0.15, 0.2) is 0 Å². The number of unbranched alkanes of at least 4 members (excludes halogenated alkanes) is 11. The lowest BCUT2D eigenvalue weighted by atomic mass is 10.1. The Morgan fingerprint density at radius 1 is 0.737 bits per heavy atom. The van der Waals surface area contributed by atoms with Crippen molar-refractivity contribution in [2.45, 2.75) is 129 Å². The van der Waals surface area contributed by atoms with Crippen LogP contribution < -0.4 is 0 Å². The number of nitrogens with zero attached hydrogens (tertiary/aromatic N) is 1. The number of carbonyl (C=O) groups is 2. The molecule has 0 unspecified atom stereocenters. The van der Waals surface area contributed by atoms with E-state index in [2.05, 4.69) is 24.0 Å². The Kier molecular flexibility index (Phi) is 23.6. The Bertz CT molecular complexity index is 588. The molecule has 0 N–H and O–H groups in total. The summed E-state index contributed by atoms with van der Waals surface area (Å²) in [6, 6.07) is 0. The number of esters is 2. The first-order chi connectivity index (χ1) is 18.7. The molecule has 0 aliphatic carbocycles. The van der Waals surface area contributed by atoms with Crippen molar-refractivity contribution < 1.29 is 23.8 Å². The lowest BCUT2D eigenvalue weighted by molar-refractivity contribution is -0.148. The monoisotopic (exact) mass is 537 g/mol. The Balaban J connectivity index is 1.93. The van der Waals surface area contributed by atoms with Gasteiger partial charge in [0.1, 0.15) is 0 Å². The molecular weight excluding hydrogens is 478 g/mol. The summed E-state index contributed by atoms with van der Waals surface area (Å²) in [4.78, 5) is 26.5. The summed E-state index contributed by atoms with van der Waals surface area (Å²) in [5, 5.41) is 0. The van der Waals surface area contributed by atoms with Crippen molar-refractivity contribution >= 4 is 11.9 Å². The van der Waals surface area contributed by atoms with Crippen LogP contribution in [0.15, 0.2) is 12.2 Å². The number of allylic oxidation sites excluding steroid dienone is 2. The highest BCUT2D eigenvalue weighted by Crippen LogP contribution is 2.13. The van der Waals surface area contributed by atoms with Gasteiger partial charge in [-0.1, -0.05) is 70.4 Å². The van der Waals surface area contributed by atoms with Gasteiger partial charge >= 0.3 is 11.9 Å². The summed E-state index contributed by atoms with van der Waals surface area (Å²) in [5.41, 5.74) is 0. The number of likely N-dealkylation sites (tertiary alicyclic amines) is 1. The summed E-state index contributed by atoms with van der Waals surface area (Å²) in [5.74, 6) is -0.215. The van der Waals surface area contributed by atoms with Gasteiger partial charge in [0, 0.05) is 25.9 Å². The molecule has 1 fully saturated rings. The second-order valence-electron chi connectivity index (χ2n) is 11.0. The smallest absolute Gasteiger partial charge is 0.305 e. The van der Waals surface area contributed by atoms with Gasteiger partial charge in [-0.05, 0) is 77.4 Å². The van der Waals surface area contributed by atoms with Crippen LogP contribution in [0.1, 0.15) is 129 Å². The van der Waals surface area contributed by atoms with Crippen LogP contribution in [-0.2, 0) is 23.8 Å². The molecule has 1 aliphatic heterocycles. The van der Waals surface area contributed by atoms with Gasteiger partial charge in [0.25, 0.3) is 0 Å². The van der Waals surface area contributed by atoms with Crippen LogP contribution in [0.4, 0.5) is 0 Å². The quantitative estimate of drug-likeness (QED) is 0.0642. The van der Waals surface area contributed by atoms with Crippen molar-refractivity contribution in [1.29, 1.82) is 0 Å². The summed E-state index contributed by atoms with van der Waals surface area (Å²) >= 11 is 0. The highest BCUT2D eigenvalue weighted by Gasteiger charge is 2.15. The lowest BCUT2D eigenvalue weighted by Gasteiger charge is -2.17. The largest absolute Gasteiger partial charge is 0.466 e. The molecular formula is C32H59NO5. The topological polar surface area (TPSA) is 65.1 Å². The van der Waals surface area contributed by atoms with E-state index in [9.17, 15) is 9.59 Å². The van der Waals surface area contributed by atoms with E-state index in [0.29, 0.717) is 39.1 Å². The molecule has 6 heteroatoms. The number of hydrogen-bond acceptors (Lipinski definition) is 6. The predicted octanol–water partition coefficient (Wildman–Crippen LogP) is 7.64. The molecule has 0 spiro atoms. The van der Waals surface area contributed by atoms with Crippen LogP contribution in [0.5, 0.6) is 0 Å². The zero-order valence-corrected chi connectivity index (χ0v) is 24.9. The van der Waals surface area contributed by atoms with E-state index < -0.39 is 0 Å². The summed E-state index contributed by atoms with van der Waals surface area (Å²) in [6.07, 6.45) is 25.8. The molecule has 1 rings (SSSR count). The summed E-state index contributed by atoms with van der Waals surface area (Å²) < 4.78 is 16.1. The van der Waals surface area contributed by atoms with Crippen LogP contribution in [0.25, 0.3) is 0 Å².